The average Bonchev–Trinajstić information content (AvgIpc) is 3.54. The molecule has 1 aliphatic heterocycles. The molecule has 28 heavy (non-hydrogen) atoms. The normalized spacial score (nSPS) is 16.9. The summed E-state index contributed by atoms with van der Waals surface area (Å²) >= 11 is 7.47. The van der Waals surface area contributed by atoms with Crippen LogP contribution in [0.2, 0.25) is 5.15 Å². The van der Waals surface area contributed by atoms with E-state index in [2.05, 4.69) is 27.1 Å². The Morgan fingerprint density at radius 2 is 1.96 bits per heavy atom. The van der Waals surface area contributed by atoms with Crippen molar-refractivity contribution in [2.24, 2.45) is 5.92 Å². The Bertz CT molecular complexity index is 693. The highest BCUT2D eigenvalue weighted by molar-refractivity contribution is 7.99. The number of aromatic nitrogens is 2. The lowest BCUT2D eigenvalue weighted by molar-refractivity contribution is -0.132. The number of nitrogens with one attached hydrogen (secondary N) is 1. The Kier molecular flexibility index (Phi) is 7.79. The Labute approximate surface area is 175 Å². The van der Waals surface area contributed by atoms with Crippen molar-refractivity contribution >= 4 is 41.0 Å². The summed E-state index contributed by atoms with van der Waals surface area (Å²) in [5.41, 5.74) is 0. The van der Waals surface area contributed by atoms with E-state index in [4.69, 9.17) is 11.6 Å². The number of nitrogens with zero attached hydrogens (tertiary/aromatic N) is 4. The number of hydrogen-bond acceptors (Lipinski definition) is 6. The molecular formula is C19H28ClN5O2S. The summed E-state index contributed by atoms with van der Waals surface area (Å²) in [6, 6.07) is 1.74. The van der Waals surface area contributed by atoms with E-state index in [1.165, 1.54) is 11.8 Å². The van der Waals surface area contributed by atoms with Gasteiger partial charge in [0, 0.05) is 44.7 Å². The van der Waals surface area contributed by atoms with Gasteiger partial charge < -0.3 is 15.1 Å². The minimum absolute atomic E-state index is 0.0153. The van der Waals surface area contributed by atoms with E-state index in [1.807, 2.05) is 4.90 Å². The largest absolute Gasteiger partial charge is 0.355 e. The third kappa shape index (κ3) is 6.24. The number of anilines is 1. The first kappa shape index (κ1) is 21.2. The lowest BCUT2D eigenvalue weighted by Gasteiger charge is -2.35. The van der Waals surface area contributed by atoms with E-state index in [1.54, 1.807) is 6.07 Å². The van der Waals surface area contributed by atoms with Gasteiger partial charge in [0.1, 0.15) is 11.0 Å². The van der Waals surface area contributed by atoms with Gasteiger partial charge in [0.2, 0.25) is 11.8 Å². The van der Waals surface area contributed by atoms with Crippen molar-refractivity contribution in [3.05, 3.63) is 11.2 Å². The molecule has 3 rings (SSSR count). The first-order valence-corrected chi connectivity index (χ1v) is 11.4. The maximum Gasteiger partial charge on any atom is 0.230 e. The standard InChI is InChI=1S/C19H28ClN5O2S/c1-2-3-4-7-21-17(26)13-28-19-22-15(20)12-16(23-19)24-8-10-25(11-9-24)18(27)14-5-6-14/h12,14H,2-11,13H2,1H3,(H,21,26). The number of hydrogen-bond donors (Lipinski definition) is 1. The molecule has 1 aliphatic carbocycles. The summed E-state index contributed by atoms with van der Waals surface area (Å²) < 4.78 is 0. The van der Waals surface area contributed by atoms with Gasteiger partial charge in [-0.15, -0.1) is 0 Å². The van der Waals surface area contributed by atoms with Gasteiger partial charge in [0.05, 0.1) is 5.75 Å². The predicted octanol–water partition coefficient (Wildman–Crippen LogP) is 2.59. The first-order valence-electron chi connectivity index (χ1n) is 10.0. The van der Waals surface area contributed by atoms with Crippen LogP contribution in [-0.2, 0) is 9.59 Å². The van der Waals surface area contributed by atoms with Crippen molar-refractivity contribution in [2.75, 3.05) is 43.4 Å². The summed E-state index contributed by atoms with van der Waals surface area (Å²) in [7, 11) is 0. The van der Waals surface area contributed by atoms with Crippen LogP contribution < -0.4 is 10.2 Å². The second-order valence-corrected chi connectivity index (χ2v) is 8.59. The van der Waals surface area contributed by atoms with Crippen LogP contribution in [0.1, 0.15) is 39.0 Å². The highest BCUT2D eigenvalue weighted by atomic mass is 35.5. The van der Waals surface area contributed by atoms with Crippen LogP contribution in [-0.4, -0.2) is 65.2 Å². The molecule has 7 nitrogen and oxygen atoms in total. The number of carbonyl (C=O) groups excluding carboxylic acids is 2. The van der Waals surface area contributed by atoms with Gasteiger partial charge in [-0.05, 0) is 19.3 Å². The van der Waals surface area contributed by atoms with E-state index >= 15 is 0 Å². The molecule has 0 atom stereocenters. The maximum atomic E-state index is 12.2. The molecule has 1 N–H and O–H groups in total. The maximum absolute atomic E-state index is 12.2. The third-order valence-electron chi connectivity index (χ3n) is 4.94. The Hall–Kier alpha value is -1.54. The van der Waals surface area contributed by atoms with Gasteiger partial charge in [-0.1, -0.05) is 43.1 Å². The fourth-order valence-electron chi connectivity index (χ4n) is 3.14. The number of halogens is 1. The van der Waals surface area contributed by atoms with Crippen molar-refractivity contribution in [1.82, 2.24) is 20.2 Å². The van der Waals surface area contributed by atoms with Crippen molar-refractivity contribution in [3.63, 3.8) is 0 Å². The number of unbranched alkanes of at least 4 members (excludes halogenated alkanes) is 2. The molecule has 9 heteroatoms. The van der Waals surface area contributed by atoms with Gasteiger partial charge in [-0.25, -0.2) is 9.97 Å². The smallest absolute Gasteiger partial charge is 0.230 e. The minimum Gasteiger partial charge on any atom is -0.355 e. The van der Waals surface area contributed by atoms with Gasteiger partial charge in [0.15, 0.2) is 5.16 Å². The van der Waals surface area contributed by atoms with Crippen LogP contribution in [0.4, 0.5) is 5.82 Å². The van der Waals surface area contributed by atoms with Crippen molar-refractivity contribution in [3.8, 4) is 0 Å². The zero-order valence-corrected chi connectivity index (χ0v) is 17.9. The van der Waals surface area contributed by atoms with Gasteiger partial charge in [0.25, 0.3) is 0 Å². The van der Waals surface area contributed by atoms with Crippen LogP contribution >= 0.6 is 23.4 Å². The van der Waals surface area contributed by atoms with Crippen LogP contribution in [0.15, 0.2) is 11.2 Å². The molecule has 0 aromatic carbocycles. The van der Waals surface area contributed by atoms with Crippen molar-refractivity contribution in [2.45, 2.75) is 44.2 Å². The quantitative estimate of drug-likeness (QED) is 0.283. The molecule has 1 aromatic rings. The minimum atomic E-state index is -0.0153. The number of carbonyl (C=O) groups is 2. The topological polar surface area (TPSA) is 78.4 Å². The Morgan fingerprint density at radius 1 is 1.21 bits per heavy atom. The second-order valence-electron chi connectivity index (χ2n) is 7.26. The van der Waals surface area contributed by atoms with Crippen molar-refractivity contribution < 1.29 is 9.59 Å². The molecule has 2 aliphatic rings. The van der Waals surface area contributed by atoms with Gasteiger partial charge in [-0.2, -0.15) is 0 Å². The van der Waals surface area contributed by atoms with Gasteiger partial charge in [-0.3, -0.25) is 9.59 Å². The zero-order valence-electron chi connectivity index (χ0n) is 16.3. The highest BCUT2D eigenvalue weighted by Gasteiger charge is 2.34. The summed E-state index contributed by atoms with van der Waals surface area (Å²) in [5, 5.41) is 3.78. The molecule has 2 heterocycles. The highest BCUT2D eigenvalue weighted by Crippen LogP contribution is 2.31. The predicted molar refractivity (Wildman–Crippen MR) is 112 cm³/mol. The molecule has 0 radical (unpaired) electrons. The third-order valence-corrected chi connectivity index (χ3v) is 5.98. The lowest BCUT2D eigenvalue weighted by Crippen LogP contribution is -2.49. The molecule has 2 fully saturated rings. The van der Waals surface area contributed by atoms with Crippen LogP contribution in [0.3, 0.4) is 0 Å². The molecule has 1 saturated heterocycles. The van der Waals surface area contributed by atoms with Crippen LogP contribution in [0.5, 0.6) is 0 Å². The monoisotopic (exact) mass is 425 g/mol. The molecular weight excluding hydrogens is 398 g/mol. The molecule has 0 bridgehead atoms. The summed E-state index contributed by atoms with van der Waals surface area (Å²) in [4.78, 5) is 37.0. The molecule has 0 spiro atoms. The van der Waals surface area contributed by atoms with Crippen LogP contribution in [0.25, 0.3) is 0 Å². The summed E-state index contributed by atoms with van der Waals surface area (Å²) in [6.45, 7) is 5.72. The molecule has 154 valence electrons. The van der Waals surface area contributed by atoms with E-state index in [0.29, 0.717) is 35.9 Å². The van der Waals surface area contributed by atoms with Gasteiger partial charge >= 0.3 is 0 Å². The average molecular weight is 426 g/mol. The second kappa shape index (κ2) is 10.3. The zero-order chi connectivity index (χ0) is 19.9. The Balaban J connectivity index is 1.49. The van der Waals surface area contributed by atoms with E-state index in [9.17, 15) is 9.59 Å². The Morgan fingerprint density at radius 3 is 2.64 bits per heavy atom. The molecule has 1 saturated carbocycles. The number of piperazine rings is 1. The number of thioether (sulfide) groups is 1. The first-order chi connectivity index (χ1) is 13.6. The van der Waals surface area contributed by atoms with E-state index in [0.717, 1.165) is 51.0 Å². The van der Waals surface area contributed by atoms with E-state index in [-0.39, 0.29) is 17.6 Å². The molecule has 2 amide bonds. The fourth-order valence-corrected chi connectivity index (χ4v) is 4.05. The lowest BCUT2D eigenvalue weighted by atomic mass is 10.2. The van der Waals surface area contributed by atoms with Crippen LogP contribution in [0, 0.1) is 5.92 Å². The summed E-state index contributed by atoms with van der Waals surface area (Å²) in [6.07, 6.45) is 5.32. The molecule has 1 aromatic heterocycles. The molecule has 0 unspecified atom stereocenters. The fraction of sp³-hybridized carbons (Fsp3) is 0.684. The van der Waals surface area contributed by atoms with E-state index < -0.39 is 0 Å². The van der Waals surface area contributed by atoms with Crippen molar-refractivity contribution in [1.29, 1.82) is 0 Å². The number of amides is 2. The SMILES string of the molecule is CCCCCNC(=O)CSc1nc(Cl)cc(N2CCN(C(=O)C3CC3)CC2)n1. The number of rotatable bonds is 9. The summed E-state index contributed by atoms with van der Waals surface area (Å²) in [5.74, 6) is 1.57.